The van der Waals surface area contributed by atoms with Crippen LogP contribution in [0.2, 0.25) is 0 Å². The summed E-state index contributed by atoms with van der Waals surface area (Å²) in [5, 5.41) is 22.6. The number of nitrogens with zero attached hydrogens (tertiary/aromatic N) is 2. The Labute approximate surface area is 162 Å². The van der Waals surface area contributed by atoms with Gasteiger partial charge in [0.1, 0.15) is 0 Å². The van der Waals surface area contributed by atoms with Crippen molar-refractivity contribution < 1.29 is 42.4 Å². The lowest BCUT2D eigenvalue weighted by atomic mass is 10.3. The highest BCUT2D eigenvalue weighted by Crippen LogP contribution is 1.95. The number of likely N-dealkylation sites (N-methyl/N-ethyl adjacent to an activating group) is 1. The lowest BCUT2D eigenvalue weighted by Gasteiger charge is -2.25. The van der Waals surface area contributed by atoms with Gasteiger partial charge in [-0.2, -0.15) is 8.42 Å². The summed E-state index contributed by atoms with van der Waals surface area (Å²) in [5.41, 5.74) is 0. The van der Waals surface area contributed by atoms with Crippen LogP contribution in [-0.4, -0.2) is 115 Å². The van der Waals surface area contributed by atoms with E-state index in [0.717, 1.165) is 0 Å². The van der Waals surface area contributed by atoms with Gasteiger partial charge in [-0.3, -0.25) is 33.5 Å². The quantitative estimate of drug-likeness (QED) is 0.166. The van der Waals surface area contributed by atoms with Crippen molar-refractivity contribution in [1.29, 1.82) is 0 Å². The lowest BCUT2D eigenvalue weighted by Crippen LogP contribution is -2.46. The molecule has 0 bridgehead atoms. The Kier molecular flexibility index (Phi) is 11.9. The first-order valence-corrected chi connectivity index (χ1v) is 9.90. The molecule has 0 aromatic rings. The molecule has 0 heterocycles. The minimum atomic E-state index is -4.24. The molecule has 0 aliphatic carbocycles. The second-order valence-corrected chi connectivity index (χ2v) is 7.37. The molecular weight excluding hydrogens is 400 g/mol. The molecule has 2 amide bonds. The van der Waals surface area contributed by atoms with Gasteiger partial charge in [-0.25, -0.2) is 0 Å². The van der Waals surface area contributed by atoms with Crippen LogP contribution in [0.4, 0.5) is 0 Å². The molecule has 28 heavy (non-hydrogen) atoms. The summed E-state index contributed by atoms with van der Waals surface area (Å²) in [6.07, 6.45) is 0. The van der Waals surface area contributed by atoms with Gasteiger partial charge in [0.2, 0.25) is 11.8 Å². The number of carbonyl (C=O) groups excluding carboxylic acids is 2. The van der Waals surface area contributed by atoms with E-state index in [0.29, 0.717) is 6.54 Å². The average molecular weight is 426 g/mol. The van der Waals surface area contributed by atoms with Gasteiger partial charge in [0.05, 0.1) is 31.9 Å². The van der Waals surface area contributed by atoms with E-state index >= 15 is 0 Å². The van der Waals surface area contributed by atoms with E-state index in [1.165, 1.54) is 9.80 Å². The molecule has 0 fully saturated rings. The Balaban J connectivity index is 4.75. The third-order valence-electron chi connectivity index (χ3n) is 3.24. The van der Waals surface area contributed by atoms with Crippen molar-refractivity contribution in [3.05, 3.63) is 0 Å². The van der Waals surface area contributed by atoms with Gasteiger partial charge in [0.25, 0.3) is 10.1 Å². The molecule has 0 atom stereocenters. The number of carbonyl (C=O) groups is 4. The molecule has 0 aromatic carbocycles. The maximum absolute atomic E-state index is 11.8. The molecule has 162 valence electrons. The van der Waals surface area contributed by atoms with Gasteiger partial charge in [-0.05, 0) is 6.92 Å². The Morgan fingerprint density at radius 3 is 1.61 bits per heavy atom. The molecule has 5 N–H and O–H groups in total. The highest BCUT2D eigenvalue weighted by atomic mass is 32.2. The van der Waals surface area contributed by atoms with Gasteiger partial charge in [0, 0.05) is 26.2 Å². The summed E-state index contributed by atoms with van der Waals surface area (Å²) < 4.78 is 29.8. The molecule has 0 saturated heterocycles. The molecule has 13 nitrogen and oxygen atoms in total. The molecule has 0 saturated carbocycles. The van der Waals surface area contributed by atoms with E-state index in [1.807, 2.05) is 0 Å². The first-order chi connectivity index (χ1) is 12.9. The zero-order valence-corrected chi connectivity index (χ0v) is 16.3. The highest BCUT2D eigenvalue weighted by Gasteiger charge is 2.18. The maximum atomic E-state index is 11.8. The third kappa shape index (κ3) is 14.8. The predicted octanol–water partition coefficient (Wildman–Crippen LogP) is -3.10. The first kappa shape index (κ1) is 25.7. The van der Waals surface area contributed by atoms with Gasteiger partial charge < -0.3 is 20.8 Å². The van der Waals surface area contributed by atoms with Crippen molar-refractivity contribution in [3.63, 3.8) is 0 Å². The molecule has 0 radical (unpaired) electrons. The minimum absolute atomic E-state index is 0.00894. The van der Waals surface area contributed by atoms with Gasteiger partial charge >= 0.3 is 11.9 Å². The van der Waals surface area contributed by atoms with E-state index in [4.69, 9.17) is 14.8 Å². The first-order valence-electron chi connectivity index (χ1n) is 8.29. The zero-order chi connectivity index (χ0) is 21.7. The summed E-state index contributed by atoms with van der Waals surface area (Å²) in [6.45, 7) is 0.151. The molecule has 14 heteroatoms. The standard InChI is InChI=1S/C14H26N4O9S/c1-2-15-11(19)7-17(9-13(21)22)4-5-18(10-14(23)24)8-12(20)16-3-6-28(25,26)27/h2-10H2,1H3,(H,15,19)(H,16,20)(H,21,22)(H,23,24)(H,25,26,27). The van der Waals surface area contributed by atoms with Crippen LogP contribution in [0.3, 0.4) is 0 Å². The predicted molar refractivity (Wildman–Crippen MR) is 96.3 cm³/mol. The van der Waals surface area contributed by atoms with E-state index < -0.39 is 52.7 Å². The van der Waals surface area contributed by atoms with Gasteiger partial charge in [-0.15, -0.1) is 0 Å². The largest absolute Gasteiger partial charge is 0.480 e. The number of carboxylic acid groups (broad SMARTS) is 2. The normalized spacial score (nSPS) is 11.4. The van der Waals surface area contributed by atoms with Crippen LogP contribution < -0.4 is 10.6 Å². The van der Waals surface area contributed by atoms with E-state index in [1.54, 1.807) is 6.92 Å². The molecule has 0 spiro atoms. The van der Waals surface area contributed by atoms with Crippen LogP contribution in [0.1, 0.15) is 6.92 Å². The van der Waals surface area contributed by atoms with Crippen molar-refractivity contribution in [2.45, 2.75) is 6.92 Å². The Morgan fingerprint density at radius 1 is 0.821 bits per heavy atom. The fourth-order valence-electron chi connectivity index (χ4n) is 2.13. The molecule has 0 aromatic heterocycles. The van der Waals surface area contributed by atoms with Crippen molar-refractivity contribution in [3.8, 4) is 0 Å². The van der Waals surface area contributed by atoms with E-state index in [2.05, 4.69) is 10.6 Å². The zero-order valence-electron chi connectivity index (χ0n) is 15.5. The Morgan fingerprint density at radius 2 is 1.25 bits per heavy atom. The SMILES string of the molecule is CCNC(=O)CN(CCN(CC(=O)O)CC(=O)NCCS(=O)(=O)O)CC(=O)O. The smallest absolute Gasteiger partial charge is 0.317 e. The fourth-order valence-corrected chi connectivity index (χ4v) is 2.49. The van der Waals surface area contributed by atoms with Crippen LogP contribution in [0, 0.1) is 0 Å². The molecule has 0 unspecified atom stereocenters. The summed E-state index contributed by atoms with van der Waals surface area (Å²) in [4.78, 5) is 47.9. The second-order valence-electron chi connectivity index (χ2n) is 5.80. The number of rotatable bonds is 15. The molecular formula is C14H26N4O9S. The van der Waals surface area contributed by atoms with Gasteiger partial charge in [0.15, 0.2) is 0 Å². The van der Waals surface area contributed by atoms with E-state index in [-0.39, 0.29) is 32.7 Å². The van der Waals surface area contributed by atoms with Crippen LogP contribution >= 0.6 is 0 Å². The van der Waals surface area contributed by atoms with Gasteiger partial charge in [-0.1, -0.05) is 0 Å². The van der Waals surface area contributed by atoms with Crippen molar-refractivity contribution in [2.24, 2.45) is 0 Å². The summed E-state index contributed by atoms with van der Waals surface area (Å²) in [6, 6.07) is 0. The maximum Gasteiger partial charge on any atom is 0.317 e. The number of hydrogen-bond acceptors (Lipinski definition) is 8. The molecule has 0 aliphatic heterocycles. The molecule has 0 aliphatic rings. The highest BCUT2D eigenvalue weighted by molar-refractivity contribution is 7.85. The Bertz CT molecular complexity index is 653. The minimum Gasteiger partial charge on any atom is -0.480 e. The second kappa shape index (κ2) is 13.0. The van der Waals surface area contributed by atoms with Crippen molar-refractivity contribution in [2.75, 3.05) is 58.1 Å². The fraction of sp³-hybridized carbons (Fsp3) is 0.714. The third-order valence-corrected chi connectivity index (χ3v) is 3.96. The van der Waals surface area contributed by atoms with Crippen molar-refractivity contribution in [1.82, 2.24) is 20.4 Å². The average Bonchev–Trinajstić information content (AvgIpc) is 2.50. The number of amides is 2. The number of nitrogens with one attached hydrogen (secondary N) is 2. The summed E-state index contributed by atoms with van der Waals surface area (Å²) >= 11 is 0. The van der Waals surface area contributed by atoms with Crippen LogP contribution in [0.5, 0.6) is 0 Å². The van der Waals surface area contributed by atoms with Crippen molar-refractivity contribution >= 4 is 33.9 Å². The Hall–Kier alpha value is -2.29. The lowest BCUT2D eigenvalue weighted by molar-refractivity contribution is -0.141. The summed E-state index contributed by atoms with van der Waals surface area (Å²) in [7, 11) is -4.24. The monoisotopic (exact) mass is 426 g/mol. The summed E-state index contributed by atoms with van der Waals surface area (Å²) in [5.74, 6) is -4.14. The topological polar surface area (TPSA) is 194 Å². The van der Waals surface area contributed by atoms with Crippen LogP contribution in [0.15, 0.2) is 0 Å². The number of hydrogen-bond donors (Lipinski definition) is 5. The number of aliphatic carboxylic acids is 2. The van der Waals surface area contributed by atoms with E-state index in [9.17, 15) is 27.6 Å². The van der Waals surface area contributed by atoms with Crippen LogP contribution in [0.25, 0.3) is 0 Å². The molecule has 0 rings (SSSR count). The van der Waals surface area contributed by atoms with Crippen LogP contribution in [-0.2, 0) is 29.3 Å². The number of carboxylic acids is 2.